The van der Waals surface area contributed by atoms with Crippen molar-refractivity contribution in [3.8, 4) is 0 Å². The molecule has 1 fully saturated rings. The Morgan fingerprint density at radius 2 is 2.00 bits per heavy atom. The molecule has 2 nitrogen and oxygen atoms in total. The van der Waals surface area contributed by atoms with Gasteiger partial charge in [-0.05, 0) is 34.2 Å². The number of hydrogen-bond donors (Lipinski definition) is 1. The second kappa shape index (κ2) is 2.97. The van der Waals surface area contributed by atoms with Gasteiger partial charge in [-0.15, -0.1) is 0 Å². The summed E-state index contributed by atoms with van der Waals surface area (Å²) in [6.07, 6.45) is 0. The second-order valence-corrected chi connectivity index (χ2v) is 4.29. The van der Waals surface area contributed by atoms with Crippen molar-refractivity contribution < 1.29 is 4.74 Å². The largest absolute Gasteiger partial charge is 0.377 e. The van der Waals surface area contributed by atoms with E-state index in [9.17, 15) is 0 Å². The molecular weight excluding hydrogens is 265 g/mol. The summed E-state index contributed by atoms with van der Waals surface area (Å²) in [6.45, 7) is 1.29. The van der Waals surface area contributed by atoms with E-state index in [1.54, 1.807) is 0 Å². The Morgan fingerprint density at radius 3 is 2.50 bits per heavy atom. The van der Waals surface area contributed by atoms with Crippen LogP contribution in [0.3, 0.4) is 0 Å². The van der Waals surface area contributed by atoms with Crippen LogP contribution in [0.4, 0.5) is 0 Å². The van der Waals surface area contributed by atoms with Crippen molar-refractivity contribution in [3.63, 3.8) is 0 Å². The molecule has 1 aromatic rings. The Bertz CT molecular complexity index is 296. The zero-order valence-corrected chi connectivity index (χ0v) is 8.74. The molecule has 0 radical (unpaired) electrons. The molecule has 2 rings (SSSR count). The number of nitrogens with two attached hydrogens (primary N) is 1. The van der Waals surface area contributed by atoms with Crippen LogP contribution in [0.25, 0.3) is 0 Å². The SMILES string of the molecule is NC1(c2ccccc2I)COC1. The van der Waals surface area contributed by atoms with Crippen molar-refractivity contribution in [1.29, 1.82) is 0 Å². The van der Waals surface area contributed by atoms with E-state index in [1.165, 1.54) is 9.13 Å². The van der Waals surface area contributed by atoms with Crippen LogP contribution in [0.5, 0.6) is 0 Å². The summed E-state index contributed by atoms with van der Waals surface area (Å²) >= 11 is 2.31. The summed E-state index contributed by atoms with van der Waals surface area (Å²) in [6, 6.07) is 8.19. The van der Waals surface area contributed by atoms with E-state index in [1.807, 2.05) is 12.1 Å². The van der Waals surface area contributed by atoms with Gasteiger partial charge in [0.2, 0.25) is 0 Å². The zero-order valence-electron chi connectivity index (χ0n) is 6.59. The molecule has 1 heterocycles. The maximum absolute atomic E-state index is 6.10. The molecule has 1 aliphatic heterocycles. The average Bonchev–Trinajstić information content (AvgIpc) is 2.01. The van der Waals surface area contributed by atoms with E-state index >= 15 is 0 Å². The van der Waals surface area contributed by atoms with Gasteiger partial charge < -0.3 is 10.5 Å². The highest BCUT2D eigenvalue weighted by atomic mass is 127. The van der Waals surface area contributed by atoms with E-state index in [4.69, 9.17) is 10.5 Å². The second-order valence-electron chi connectivity index (χ2n) is 3.13. The van der Waals surface area contributed by atoms with Gasteiger partial charge in [-0.2, -0.15) is 0 Å². The van der Waals surface area contributed by atoms with Gasteiger partial charge in [-0.3, -0.25) is 0 Å². The van der Waals surface area contributed by atoms with Crippen LogP contribution < -0.4 is 5.73 Å². The number of ether oxygens (including phenoxy) is 1. The van der Waals surface area contributed by atoms with Gasteiger partial charge in [0.25, 0.3) is 0 Å². The molecule has 0 aliphatic carbocycles. The van der Waals surface area contributed by atoms with Gasteiger partial charge >= 0.3 is 0 Å². The molecule has 0 saturated carbocycles. The van der Waals surface area contributed by atoms with E-state index < -0.39 is 0 Å². The Kier molecular flexibility index (Phi) is 2.10. The Morgan fingerprint density at radius 1 is 1.33 bits per heavy atom. The predicted octanol–water partition coefficient (Wildman–Crippen LogP) is 1.48. The van der Waals surface area contributed by atoms with E-state index in [-0.39, 0.29) is 5.54 Å². The molecule has 1 aromatic carbocycles. The lowest BCUT2D eigenvalue weighted by molar-refractivity contribution is -0.0573. The van der Waals surface area contributed by atoms with Crippen molar-refractivity contribution in [2.45, 2.75) is 5.54 Å². The smallest absolute Gasteiger partial charge is 0.0894 e. The Balaban J connectivity index is 2.39. The van der Waals surface area contributed by atoms with Crippen molar-refractivity contribution in [2.75, 3.05) is 13.2 Å². The normalized spacial score (nSPS) is 20.2. The van der Waals surface area contributed by atoms with Crippen LogP contribution in [-0.4, -0.2) is 13.2 Å². The summed E-state index contributed by atoms with van der Waals surface area (Å²) in [5, 5.41) is 0. The number of halogens is 1. The molecule has 2 N–H and O–H groups in total. The third-order valence-corrected chi connectivity index (χ3v) is 3.07. The first kappa shape index (κ1) is 8.47. The maximum atomic E-state index is 6.10. The minimum absolute atomic E-state index is 0.224. The zero-order chi connectivity index (χ0) is 8.60. The summed E-state index contributed by atoms with van der Waals surface area (Å²) in [4.78, 5) is 0. The van der Waals surface area contributed by atoms with Gasteiger partial charge in [0, 0.05) is 3.57 Å². The van der Waals surface area contributed by atoms with Crippen molar-refractivity contribution in [1.82, 2.24) is 0 Å². The van der Waals surface area contributed by atoms with Gasteiger partial charge in [-0.1, -0.05) is 18.2 Å². The topological polar surface area (TPSA) is 35.2 Å². The molecule has 0 atom stereocenters. The lowest BCUT2D eigenvalue weighted by Gasteiger charge is -2.38. The van der Waals surface area contributed by atoms with Crippen LogP contribution in [0.1, 0.15) is 5.56 Å². The van der Waals surface area contributed by atoms with Gasteiger partial charge in [0.1, 0.15) is 0 Å². The maximum Gasteiger partial charge on any atom is 0.0894 e. The molecule has 0 unspecified atom stereocenters. The molecule has 1 aliphatic rings. The molecule has 1 saturated heterocycles. The first-order valence-electron chi connectivity index (χ1n) is 3.84. The third-order valence-electron chi connectivity index (χ3n) is 2.13. The highest BCUT2D eigenvalue weighted by Crippen LogP contribution is 2.29. The molecule has 0 bridgehead atoms. The molecular formula is C9H10INO. The number of benzene rings is 1. The quantitative estimate of drug-likeness (QED) is 0.788. The highest BCUT2D eigenvalue weighted by molar-refractivity contribution is 14.1. The fourth-order valence-corrected chi connectivity index (χ4v) is 2.27. The van der Waals surface area contributed by atoms with Crippen LogP contribution in [0.2, 0.25) is 0 Å². The fraction of sp³-hybridized carbons (Fsp3) is 0.333. The molecule has 0 aromatic heterocycles. The first-order chi connectivity index (χ1) is 5.72. The van der Waals surface area contributed by atoms with Gasteiger partial charge in [0.05, 0.1) is 18.8 Å². The molecule has 0 amide bonds. The first-order valence-corrected chi connectivity index (χ1v) is 4.92. The monoisotopic (exact) mass is 275 g/mol. The standard InChI is InChI=1S/C9H10INO/c10-8-4-2-1-3-7(8)9(11)5-12-6-9/h1-4H,5-6,11H2. The van der Waals surface area contributed by atoms with Crippen LogP contribution in [0, 0.1) is 3.57 Å². The minimum atomic E-state index is -0.224. The Hall–Kier alpha value is -0.130. The average molecular weight is 275 g/mol. The lowest BCUT2D eigenvalue weighted by Crippen LogP contribution is -2.54. The predicted molar refractivity (Wildman–Crippen MR) is 55.8 cm³/mol. The molecule has 12 heavy (non-hydrogen) atoms. The fourth-order valence-electron chi connectivity index (χ4n) is 1.34. The van der Waals surface area contributed by atoms with Crippen LogP contribution in [0.15, 0.2) is 24.3 Å². The number of hydrogen-bond acceptors (Lipinski definition) is 2. The van der Waals surface area contributed by atoms with Crippen molar-refractivity contribution in [3.05, 3.63) is 33.4 Å². The van der Waals surface area contributed by atoms with Crippen molar-refractivity contribution in [2.24, 2.45) is 5.73 Å². The van der Waals surface area contributed by atoms with Crippen LogP contribution in [-0.2, 0) is 10.3 Å². The van der Waals surface area contributed by atoms with Crippen LogP contribution >= 0.6 is 22.6 Å². The summed E-state index contributed by atoms with van der Waals surface area (Å²) in [7, 11) is 0. The van der Waals surface area contributed by atoms with E-state index in [2.05, 4.69) is 34.7 Å². The summed E-state index contributed by atoms with van der Waals surface area (Å²) in [5.41, 5.74) is 7.08. The van der Waals surface area contributed by atoms with Crippen molar-refractivity contribution >= 4 is 22.6 Å². The summed E-state index contributed by atoms with van der Waals surface area (Å²) in [5.74, 6) is 0. The van der Waals surface area contributed by atoms with E-state index in [0.29, 0.717) is 13.2 Å². The Labute approximate surface area is 85.2 Å². The number of rotatable bonds is 1. The third kappa shape index (κ3) is 1.26. The molecule has 0 spiro atoms. The van der Waals surface area contributed by atoms with Gasteiger partial charge in [0.15, 0.2) is 0 Å². The summed E-state index contributed by atoms with van der Waals surface area (Å²) < 4.78 is 6.34. The van der Waals surface area contributed by atoms with E-state index in [0.717, 1.165) is 0 Å². The minimum Gasteiger partial charge on any atom is -0.377 e. The molecule has 64 valence electrons. The highest BCUT2D eigenvalue weighted by Gasteiger charge is 2.37. The lowest BCUT2D eigenvalue weighted by atomic mass is 9.89. The molecule has 3 heteroatoms. The van der Waals surface area contributed by atoms with Gasteiger partial charge in [-0.25, -0.2) is 0 Å².